The minimum atomic E-state index is -0.407. The van der Waals surface area contributed by atoms with E-state index in [-0.39, 0.29) is 10.9 Å². The number of nitrogens with one attached hydrogen (secondary N) is 1. The number of benzene rings is 1. The summed E-state index contributed by atoms with van der Waals surface area (Å²) < 4.78 is 13.2. The van der Waals surface area contributed by atoms with Crippen LogP contribution in [0.2, 0.25) is 5.02 Å². The zero-order chi connectivity index (χ0) is 14.4. The fraction of sp³-hybridized carbons (Fsp3) is 0.533. The van der Waals surface area contributed by atoms with E-state index < -0.39 is 5.82 Å². The number of carbonyl (C=O) groups is 1. The average Bonchev–Trinajstić information content (AvgIpc) is 2.48. The number of carbonyl (C=O) groups excluding carboxylic acids is 1. The van der Waals surface area contributed by atoms with Crippen LogP contribution in [0.15, 0.2) is 18.2 Å². The van der Waals surface area contributed by atoms with Gasteiger partial charge in [0.15, 0.2) is 0 Å². The van der Waals surface area contributed by atoms with Crippen LogP contribution >= 0.6 is 11.6 Å². The molecule has 0 bridgehead atoms. The maximum Gasteiger partial charge on any atom is 0.223 e. The number of rotatable bonds is 5. The summed E-state index contributed by atoms with van der Waals surface area (Å²) in [5, 5.41) is 3.29. The minimum Gasteiger partial charge on any atom is -0.343 e. The van der Waals surface area contributed by atoms with Crippen LogP contribution in [0.4, 0.5) is 4.39 Å². The second-order valence-corrected chi connectivity index (χ2v) is 5.52. The molecule has 0 spiro atoms. The highest BCUT2D eigenvalue weighted by Crippen LogP contribution is 2.15. The minimum absolute atomic E-state index is 0.133. The van der Waals surface area contributed by atoms with Crippen LogP contribution in [-0.4, -0.2) is 30.4 Å². The summed E-state index contributed by atoms with van der Waals surface area (Å²) in [6, 6.07) is 4.75. The summed E-state index contributed by atoms with van der Waals surface area (Å²) >= 11 is 5.62. The highest BCUT2D eigenvalue weighted by Gasteiger charge is 2.15. The van der Waals surface area contributed by atoms with Crippen molar-refractivity contribution in [1.82, 2.24) is 10.2 Å². The van der Waals surface area contributed by atoms with E-state index in [2.05, 4.69) is 5.32 Å². The van der Waals surface area contributed by atoms with Crippen molar-refractivity contribution in [3.8, 4) is 0 Å². The molecular weight excluding hydrogens is 279 g/mol. The highest BCUT2D eigenvalue weighted by atomic mass is 35.5. The third-order valence-electron chi connectivity index (χ3n) is 3.54. The molecule has 0 radical (unpaired) electrons. The first-order valence-electron chi connectivity index (χ1n) is 7.09. The maximum atomic E-state index is 13.2. The van der Waals surface area contributed by atoms with Crippen molar-refractivity contribution in [2.24, 2.45) is 0 Å². The molecule has 0 aliphatic carbocycles. The zero-order valence-corrected chi connectivity index (χ0v) is 12.3. The lowest BCUT2D eigenvalue weighted by Gasteiger charge is -2.26. The van der Waals surface area contributed by atoms with Gasteiger partial charge in [-0.3, -0.25) is 4.79 Å². The van der Waals surface area contributed by atoms with Crippen LogP contribution < -0.4 is 5.32 Å². The van der Waals surface area contributed by atoms with Gasteiger partial charge in [-0.2, -0.15) is 0 Å². The largest absolute Gasteiger partial charge is 0.343 e. The molecule has 1 saturated heterocycles. The molecule has 1 N–H and O–H groups in total. The number of likely N-dealkylation sites (tertiary alicyclic amines) is 1. The molecule has 1 fully saturated rings. The van der Waals surface area contributed by atoms with Crippen LogP contribution in [0.1, 0.15) is 31.2 Å². The average molecular weight is 299 g/mol. The van der Waals surface area contributed by atoms with E-state index in [1.165, 1.54) is 12.5 Å². The lowest BCUT2D eigenvalue weighted by molar-refractivity contribution is -0.131. The van der Waals surface area contributed by atoms with Crippen LogP contribution in [-0.2, 0) is 11.3 Å². The van der Waals surface area contributed by atoms with Crippen molar-refractivity contribution in [3.05, 3.63) is 34.6 Å². The third-order valence-corrected chi connectivity index (χ3v) is 3.84. The van der Waals surface area contributed by atoms with Crippen molar-refractivity contribution >= 4 is 17.5 Å². The summed E-state index contributed by atoms with van der Waals surface area (Å²) in [5.74, 6) is -0.199. The van der Waals surface area contributed by atoms with Gasteiger partial charge in [-0.1, -0.05) is 17.7 Å². The van der Waals surface area contributed by atoms with Gasteiger partial charge in [0, 0.05) is 32.6 Å². The molecule has 1 heterocycles. The Labute approximate surface area is 124 Å². The molecule has 5 heteroatoms. The predicted octanol–water partition coefficient (Wildman–Crippen LogP) is 2.97. The third kappa shape index (κ3) is 4.46. The first-order chi connectivity index (χ1) is 9.66. The van der Waals surface area contributed by atoms with E-state index >= 15 is 0 Å². The normalized spacial score (nSPS) is 15.4. The van der Waals surface area contributed by atoms with E-state index in [1.807, 2.05) is 4.90 Å². The molecule has 1 aliphatic rings. The molecule has 0 atom stereocenters. The Morgan fingerprint density at radius 3 is 2.75 bits per heavy atom. The number of hydrogen-bond donors (Lipinski definition) is 1. The van der Waals surface area contributed by atoms with E-state index in [1.54, 1.807) is 12.1 Å². The van der Waals surface area contributed by atoms with Crippen LogP contribution in [0.5, 0.6) is 0 Å². The fourth-order valence-electron chi connectivity index (χ4n) is 2.38. The van der Waals surface area contributed by atoms with Crippen LogP contribution in [0.3, 0.4) is 0 Å². The van der Waals surface area contributed by atoms with Gasteiger partial charge in [0.25, 0.3) is 0 Å². The van der Waals surface area contributed by atoms with Crippen molar-refractivity contribution in [2.45, 2.75) is 32.2 Å². The molecule has 0 aromatic heterocycles. The first-order valence-corrected chi connectivity index (χ1v) is 7.47. The second kappa shape index (κ2) is 7.60. The fourth-order valence-corrected chi connectivity index (χ4v) is 2.50. The van der Waals surface area contributed by atoms with Gasteiger partial charge in [-0.25, -0.2) is 4.39 Å². The Balaban J connectivity index is 1.68. The van der Waals surface area contributed by atoms with Crippen LogP contribution in [0, 0.1) is 5.82 Å². The van der Waals surface area contributed by atoms with Crippen LogP contribution in [0.25, 0.3) is 0 Å². The molecule has 1 aromatic rings. The Hall–Kier alpha value is -1.13. The lowest BCUT2D eigenvalue weighted by Crippen LogP contribution is -2.37. The summed E-state index contributed by atoms with van der Waals surface area (Å²) in [6.45, 7) is 2.93. The number of halogens is 2. The van der Waals surface area contributed by atoms with Crippen molar-refractivity contribution < 1.29 is 9.18 Å². The number of hydrogen-bond acceptors (Lipinski definition) is 2. The van der Waals surface area contributed by atoms with E-state index in [9.17, 15) is 9.18 Å². The molecule has 0 unspecified atom stereocenters. The van der Waals surface area contributed by atoms with Gasteiger partial charge < -0.3 is 10.2 Å². The predicted molar refractivity (Wildman–Crippen MR) is 78.2 cm³/mol. The molecule has 3 nitrogen and oxygen atoms in total. The molecular formula is C15H20ClFN2O. The smallest absolute Gasteiger partial charge is 0.223 e. The molecule has 110 valence electrons. The first kappa shape index (κ1) is 15.3. The zero-order valence-electron chi connectivity index (χ0n) is 11.5. The molecule has 0 saturated carbocycles. The molecule has 1 aromatic carbocycles. The summed E-state index contributed by atoms with van der Waals surface area (Å²) in [7, 11) is 0. The maximum absolute atomic E-state index is 13.2. The van der Waals surface area contributed by atoms with Gasteiger partial charge in [-0.15, -0.1) is 0 Å². The highest BCUT2D eigenvalue weighted by molar-refractivity contribution is 6.30. The summed E-state index contributed by atoms with van der Waals surface area (Å²) in [4.78, 5) is 13.9. The number of nitrogens with zero attached hydrogens (tertiary/aromatic N) is 1. The summed E-state index contributed by atoms with van der Waals surface area (Å²) in [6.07, 6.45) is 3.95. The monoisotopic (exact) mass is 298 g/mol. The van der Waals surface area contributed by atoms with Crippen molar-refractivity contribution in [3.63, 3.8) is 0 Å². The Kier molecular flexibility index (Phi) is 5.80. The summed E-state index contributed by atoms with van der Waals surface area (Å²) in [5.41, 5.74) is 0.831. The van der Waals surface area contributed by atoms with Gasteiger partial charge in [-0.05, 0) is 37.0 Å². The standard InChI is InChI=1S/C15H20ClFN2O/c16-13-5-4-12(10-14(13)17)11-18-7-6-15(20)19-8-2-1-3-9-19/h4-5,10,18H,1-3,6-9,11H2. The molecule has 20 heavy (non-hydrogen) atoms. The van der Waals surface area contributed by atoms with Gasteiger partial charge in [0.2, 0.25) is 5.91 Å². The molecule has 1 amide bonds. The Morgan fingerprint density at radius 2 is 2.05 bits per heavy atom. The quantitative estimate of drug-likeness (QED) is 0.848. The topological polar surface area (TPSA) is 32.3 Å². The number of amides is 1. The van der Waals surface area contributed by atoms with Gasteiger partial charge in [0.1, 0.15) is 5.82 Å². The molecule has 2 rings (SSSR count). The van der Waals surface area contributed by atoms with E-state index in [0.717, 1.165) is 31.5 Å². The van der Waals surface area contributed by atoms with Gasteiger partial charge in [0.05, 0.1) is 5.02 Å². The molecule has 1 aliphatic heterocycles. The van der Waals surface area contributed by atoms with E-state index in [4.69, 9.17) is 11.6 Å². The van der Waals surface area contributed by atoms with Gasteiger partial charge >= 0.3 is 0 Å². The number of piperidine rings is 1. The van der Waals surface area contributed by atoms with Crippen molar-refractivity contribution in [2.75, 3.05) is 19.6 Å². The Morgan fingerprint density at radius 1 is 1.30 bits per heavy atom. The Bertz CT molecular complexity index is 461. The lowest BCUT2D eigenvalue weighted by atomic mass is 10.1. The van der Waals surface area contributed by atoms with Crippen molar-refractivity contribution in [1.29, 1.82) is 0 Å². The second-order valence-electron chi connectivity index (χ2n) is 5.12. The SMILES string of the molecule is O=C(CCNCc1ccc(Cl)c(F)c1)N1CCCCC1. The van der Waals surface area contributed by atoms with E-state index in [0.29, 0.717) is 19.5 Å².